The van der Waals surface area contributed by atoms with Crippen molar-refractivity contribution < 1.29 is 9.53 Å². The highest BCUT2D eigenvalue weighted by molar-refractivity contribution is 5.79. The van der Waals surface area contributed by atoms with Gasteiger partial charge in [-0.25, -0.2) is 4.68 Å². The first kappa shape index (κ1) is 18.9. The summed E-state index contributed by atoms with van der Waals surface area (Å²) in [5.74, 6) is 1.45. The SMILES string of the molecule is COc1ccc(-c2nn(-c3ccccc3)cc2CN2CC[C@@H]3NC(=O)C[C@@H]3C2)cc1. The molecule has 5 rings (SSSR count). The first-order valence-corrected chi connectivity index (χ1v) is 10.5. The van der Waals surface area contributed by atoms with Gasteiger partial charge in [-0.3, -0.25) is 9.69 Å². The summed E-state index contributed by atoms with van der Waals surface area (Å²) >= 11 is 0. The molecule has 2 saturated heterocycles. The van der Waals surface area contributed by atoms with E-state index in [0.717, 1.165) is 48.7 Å². The molecule has 2 fully saturated rings. The van der Waals surface area contributed by atoms with Gasteiger partial charge >= 0.3 is 0 Å². The highest BCUT2D eigenvalue weighted by atomic mass is 16.5. The molecule has 6 heteroatoms. The van der Waals surface area contributed by atoms with Crippen molar-refractivity contribution in [1.82, 2.24) is 20.0 Å². The third kappa shape index (κ3) is 3.71. The summed E-state index contributed by atoms with van der Waals surface area (Å²) < 4.78 is 7.27. The van der Waals surface area contributed by atoms with Crippen molar-refractivity contribution in [2.45, 2.75) is 25.4 Å². The van der Waals surface area contributed by atoms with E-state index in [0.29, 0.717) is 18.4 Å². The fourth-order valence-corrected chi connectivity index (χ4v) is 4.62. The van der Waals surface area contributed by atoms with Crippen LogP contribution in [0, 0.1) is 5.92 Å². The molecule has 1 amide bonds. The summed E-state index contributed by atoms with van der Waals surface area (Å²) in [7, 11) is 1.68. The van der Waals surface area contributed by atoms with E-state index in [1.807, 2.05) is 35.0 Å². The van der Waals surface area contributed by atoms with Crippen LogP contribution in [0.4, 0.5) is 0 Å². The molecule has 3 heterocycles. The van der Waals surface area contributed by atoms with Crippen LogP contribution in [-0.2, 0) is 11.3 Å². The Labute approximate surface area is 176 Å². The van der Waals surface area contributed by atoms with E-state index < -0.39 is 0 Å². The van der Waals surface area contributed by atoms with E-state index in [2.05, 4.69) is 40.7 Å². The Morgan fingerprint density at radius 3 is 2.70 bits per heavy atom. The minimum Gasteiger partial charge on any atom is -0.497 e. The van der Waals surface area contributed by atoms with Gasteiger partial charge < -0.3 is 10.1 Å². The fourth-order valence-electron chi connectivity index (χ4n) is 4.62. The number of ether oxygens (including phenoxy) is 1. The Hall–Kier alpha value is -3.12. The molecule has 0 saturated carbocycles. The number of para-hydroxylation sites is 1. The molecule has 2 aromatic carbocycles. The zero-order valence-electron chi connectivity index (χ0n) is 17.1. The van der Waals surface area contributed by atoms with Gasteiger partial charge in [0.1, 0.15) is 5.75 Å². The van der Waals surface area contributed by atoms with Crippen LogP contribution in [0.5, 0.6) is 5.75 Å². The van der Waals surface area contributed by atoms with E-state index in [9.17, 15) is 4.79 Å². The molecule has 0 spiro atoms. The van der Waals surface area contributed by atoms with Crippen LogP contribution >= 0.6 is 0 Å². The van der Waals surface area contributed by atoms with Crippen LogP contribution in [0.25, 0.3) is 16.9 Å². The first-order valence-electron chi connectivity index (χ1n) is 10.5. The molecule has 0 radical (unpaired) electrons. The summed E-state index contributed by atoms with van der Waals surface area (Å²) in [5, 5.41) is 8.05. The first-order chi connectivity index (χ1) is 14.7. The zero-order chi connectivity index (χ0) is 20.5. The van der Waals surface area contributed by atoms with Gasteiger partial charge in [-0.1, -0.05) is 18.2 Å². The number of nitrogens with one attached hydrogen (secondary N) is 1. The van der Waals surface area contributed by atoms with Crippen molar-refractivity contribution in [2.24, 2.45) is 5.92 Å². The second-order valence-corrected chi connectivity index (χ2v) is 8.17. The van der Waals surface area contributed by atoms with Crippen molar-refractivity contribution >= 4 is 5.91 Å². The van der Waals surface area contributed by atoms with Crippen LogP contribution in [0.3, 0.4) is 0 Å². The van der Waals surface area contributed by atoms with E-state index in [-0.39, 0.29) is 5.91 Å². The molecule has 0 aliphatic carbocycles. The van der Waals surface area contributed by atoms with Gasteiger partial charge in [-0.15, -0.1) is 0 Å². The van der Waals surface area contributed by atoms with Gasteiger partial charge in [0, 0.05) is 55.3 Å². The maximum absolute atomic E-state index is 11.8. The molecule has 2 aliphatic heterocycles. The highest BCUT2D eigenvalue weighted by Crippen LogP contribution is 2.30. The molecule has 3 aromatic rings. The van der Waals surface area contributed by atoms with Crippen molar-refractivity contribution in [1.29, 1.82) is 0 Å². The third-order valence-corrected chi connectivity index (χ3v) is 6.18. The molecule has 0 unspecified atom stereocenters. The number of methoxy groups -OCH3 is 1. The number of carbonyl (C=O) groups excluding carboxylic acids is 1. The minimum absolute atomic E-state index is 0.197. The number of fused-ring (bicyclic) bond motifs is 1. The van der Waals surface area contributed by atoms with Gasteiger partial charge in [-0.2, -0.15) is 5.10 Å². The minimum atomic E-state index is 0.197. The molecule has 2 aliphatic rings. The number of likely N-dealkylation sites (tertiary alicyclic amines) is 1. The predicted octanol–water partition coefficient (Wildman–Crippen LogP) is 3.26. The number of carbonyl (C=O) groups is 1. The number of benzene rings is 2. The largest absolute Gasteiger partial charge is 0.497 e. The predicted molar refractivity (Wildman–Crippen MR) is 115 cm³/mol. The number of amides is 1. The summed E-state index contributed by atoms with van der Waals surface area (Å²) in [6.07, 6.45) is 3.80. The number of piperidine rings is 1. The van der Waals surface area contributed by atoms with E-state index in [4.69, 9.17) is 9.84 Å². The van der Waals surface area contributed by atoms with Gasteiger partial charge in [-0.05, 0) is 42.8 Å². The lowest BCUT2D eigenvalue weighted by molar-refractivity contribution is -0.119. The quantitative estimate of drug-likeness (QED) is 0.712. The Morgan fingerprint density at radius 2 is 1.93 bits per heavy atom. The smallest absolute Gasteiger partial charge is 0.220 e. The number of hydrogen-bond donors (Lipinski definition) is 1. The molecule has 1 aromatic heterocycles. The molecule has 0 bridgehead atoms. The Kier molecular flexibility index (Phi) is 5.01. The lowest BCUT2D eigenvalue weighted by atomic mass is 9.93. The molecule has 30 heavy (non-hydrogen) atoms. The maximum atomic E-state index is 11.8. The summed E-state index contributed by atoms with van der Waals surface area (Å²) in [4.78, 5) is 14.2. The molecular formula is C24H26N4O2. The van der Waals surface area contributed by atoms with Gasteiger partial charge in [0.15, 0.2) is 0 Å². The van der Waals surface area contributed by atoms with Crippen LogP contribution in [0.2, 0.25) is 0 Å². The van der Waals surface area contributed by atoms with Crippen molar-refractivity contribution in [3.05, 3.63) is 66.4 Å². The molecule has 1 N–H and O–H groups in total. The Balaban J connectivity index is 1.45. The second-order valence-electron chi connectivity index (χ2n) is 8.17. The number of rotatable bonds is 5. The summed E-state index contributed by atoms with van der Waals surface area (Å²) in [6, 6.07) is 18.6. The zero-order valence-corrected chi connectivity index (χ0v) is 17.1. The number of nitrogens with zero attached hydrogens (tertiary/aromatic N) is 3. The van der Waals surface area contributed by atoms with Crippen LogP contribution in [0.1, 0.15) is 18.4 Å². The molecule has 6 nitrogen and oxygen atoms in total. The Bertz CT molecular complexity index is 1030. The monoisotopic (exact) mass is 402 g/mol. The maximum Gasteiger partial charge on any atom is 0.220 e. The van der Waals surface area contributed by atoms with Gasteiger partial charge in [0.05, 0.1) is 18.5 Å². The van der Waals surface area contributed by atoms with Crippen molar-refractivity contribution in [2.75, 3.05) is 20.2 Å². The van der Waals surface area contributed by atoms with Crippen LogP contribution < -0.4 is 10.1 Å². The molecule has 2 atom stereocenters. The third-order valence-electron chi connectivity index (χ3n) is 6.18. The van der Waals surface area contributed by atoms with E-state index in [1.165, 1.54) is 5.56 Å². The summed E-state index contributed by atoms with van der Waals surface area (Å²) in [6.45, 7) is 2.76. The van der Waals surface area contributed by atoms with Crippen molar-refractivity contribution in [3.8, 4) is 22.7 Å². The van der Waals surface area contributed by atoms with Gasteiger partial charge in [0.25, 0.3) is 0 Å². The van der Waals surface area contributed by atoms with E-state index >= 15 is 0 Å². The average Bonchev–Trinajstić information content (AvgIpc) is 3.37. The van der Waals surface area contributed by atoms with Crippen LogP contribution in [0.15, 0.2) is 60.8 Å². The standard InChI is InChI=1S/C24H26N4O2/c1-30-21-9-7-17(8-10-21)24-19(16-28(26-24)20-5-3-2-4-6-20)15-27-12-11-22-18(14-27)13-23(29)25-22/h2-10,16,18,22H,11-15H2,1H3,(H,25,29)/t18-,22+/m1/s1. The average molecular weight is 402 g/mol. The topological polar surface area (TPSA) is 59.4 Å². The lowest BCUT2D eigenvalue weighted by Gasteiger charge is -2.34. The number of aromatic nitrogens is 2. The second kappa shape index (κ2) is 7.95. The Morgan fingerprint density at radius 1 is 1.13 bits per heavy atom. The number of hydrogen-bond acceptors (Lipinski definition) is 4. The normalized spacial score (nSPS) is 21.3. The summed E-state index contributed by atoms with van der Waals surface area (Å²) in [5.41, 5.74) is 4.31. The fraction of sp³-hybridized carbons (Fsp3) is 0.333. The van der Waals surface area contributed by atoms with Crippen molar-refractivity contribution in [3.63, 3.8) is 0 Å². The van der Waals surface area contributed by atoms with Gasteiger partial charge in [0.2, 0.25) is 5.91 Å². The van der Waals surface area contributed by atoms with E-state index in [1.54, 1.807) is 7.11 Å². The lowest BCUT2D eigenvalue weighted by Crippen LogP contribution is -2.44. The highest BCUT2D eigenvalue weighted by Gasteiger charge is 2.36. The molecule has 154 valence electrons. The molecular weight excluding hydrogens is 376 g/mol. The van der Waals surface area contributed by atoms with Crippen LogP contribution in [-0.4, -0.2) is 46.8 Å².